The van der Waals surface area contributed by atoms with E-state index in [2.05, 4.69) is 29.6 Å². The number of furan rings is 1. The Bertz CT molecular complexity index is 509. The standard InChI is InChI=1S/C15H19NO/c1-11-8-14-3-2-13(10-15(14)17-11)9-12-4-6-16-7-5-12/h2-3,8,10,12,16H,4-7,9H2,1H3. The van der Waals surface area contributed by atoms with Gasteiger partial charge in [0.15, 0.2) is 0 Å². The molecule has 0 amide bonds. The van der Waals surface area contributed by atoms with E-state index in [1.807, 2.05) is 6.92 Å². The van der Waals surface area contributed by atoms with Crippen molar-refractivity contribution in [1.29, 1.82) is 0 Å². The summed E-state index contributed by atoms with van der Waals surface area (Å²) in [5.74, 6) is 1.84. The summed E-state index contributed by atoms with van der Waals surface area (Å²) >= 11 is 0. The Morgan fingerprint density at radius 3 is 2.88 bits per heavy atom. The molecule has 2 aromatic rings. The lowest BCUT2D eigenvalue weighted by molar-refractivity contribution is 0.372. The van der Waals surface area contributed by atoms with Gasteiger partial charge in [0.25, 0.3) is 0 Å². The van der Waals surface area contributed by atoms with E-state index in [1.54, 1.807) is 0 Å². The zero-order valence-corrected chi connectivity index (χ0v) is 10.3. The highest BCUT2D eigenvalue weighted by Crippen LogP contribution is 2.23. The Morgan fingerprint density at radius 1 is 1.24 bits per heavy atom. The van der Waals surface area contributed by atoms with Gasteiger partial charge in [0.05, 0.1) is 0 Å². The van der Waals surface area contributed by atoms with Crippen molar-refractivity contribution in [2.24, 2.45) is 5.92 Å². The first kappa shape index (κ1) is 10.8. The summed E-state index contributed by atoms with van der Waals surface area (Å²) in [6.07, 6.45) is 3.79. The largest absolute Gasteiger partial charge is 0.461 e. The van der Waals surface area contributed by atoms with Crippen LogP contribution in [0, 0.1) is 12.8 Å². The molecule has 0 unspecified atom stereocenters. The Balaban J connectivity index is 1.79. The second kappa shape index (κ2) is 4.53. The molecule has 2 nitrogen and oxygen atoms in total. The normalized spacial score (nSPS) is 17.7. The smallest absolute Gasteiger partial charge is 0.134 e. The number of fused-ring (bicyclic) bond motifs is 1. The molecular formula is C15H19NO. The molecule has 1 N–H and O–H groups in total. The molecule has 0 atom stereocenters. The summed E-state index contributed by atoms with van der Waals surface area (Å²) in [4.78, 5) is 0. The first-order valence-corrected chi connectivity index (χ1v) is 6.51. The van der Waals surface area contributed by atoms with Gasteiger partial charge in [0, 0.05) is 5.39 Å². The van der Waals surface area contributed by atoms with Crippen molar-refractivity contribution in [2.45, 2.75) is 26.2 Å². The fourth-order valence-electron chi connectivity index (χ4n) is 2.75. The number of aryl methyl sites for hydroxylation is 1. The van der Waals surface area contributed by atoms with Crippen molar-refractivity contribution in [3.63, 3.8) is 0 Å². The molecule has 3 rings (SSSR count). The number of rotatable bonds is 2. The summed E-state index contributed by atoms with van der Waals surface area (Å²) in [7, 11) is 0. The maximum Gasteiger partial charge on any atom is 0.134 e. The molecule has 2 heterocycles. The monoisotopic (exact) mass is 229 g/mol. The van der Waals surface area contributed by atoms with E-state index >= 15 is 0 Å². The van der Waals surface area contributed by atoms with Crippen LogP contribution in [0.3, 0.4) is 0 Å². The summed E-state index contributed by atoms with van der Waals surface area (Å²) in [6, 6.07) is 8.75. The number of nitrogens with one attached hydrogen (secondary N) is 1. The molecule has 0 aliphatic carbocycles. The predicted molar refractivity (Wildman–Crippen MR) is 70.2 cm³/mol. The van der Waals surface area contributed by atoms with Crippen LogP contribution in [0.5, 0.6) is 0 Å². The van der Waals surface area contributed by atoms with E-state index in [4.69, 9.17) is 4.42 Å². The Hall–Kier alpha value is -1.28. The third kappa shape index (κ3) is 2.37. The minimum atomic E-state index is 0.838. The van der Waals surface area contributed by atoms with Gasteiger partial charge in [0.1, 0.15) is 11.3 Å². The third-order valence-corrected chi connectivity index (χ3v) is 3.69. The Labute approximate surface area is 102 Å². The molecule has 1 aromatic carbocycles. The highest BCUT2D eigenvalue weighted by molar-refractivity contribution is 5.78. The van der Waals surface area contributed by atoms with Crippen LogP contribution in [0.2, 0.25) is 0 Å². The molecule has 90 valence electrons. The van der Waals surface area contributed by atoms with E-state index in [0.29, 0.717) is 0 Å². The summed E-state index contributed by atoms with van der Waals surface area (Å²) in [5, 5.41) is 4.63. The molecule has 1 fully saturated rings. The van der Waals surface area contributed by atoms with Crippen LogP contribution in [-0.2, 0) is 6.42 Å². The van der Waals surface area contributed by atoms with Crippen LogP contribution < -0.4 is 5.32 Å². The van der Waals surface area contributed by atoms with Gasteiger partial charge >= 0.3 is 0 Å². The molecule has 0 bridgehead atoms. The SMILES string of the molecule is Cc1cc2ccc(CC3CCNCC3)cc2o1. The number of hydrogen-bond donors (Lipinski definition) is 1. The van der Waals surface area contributed by atoms with Gasteiger partial charge in [0.2, 0.25) is 0 Å². The van der Waals surface area contributed by atoms with Gasteiger partial charge in [-0.1, -0.05) is 12.1 Å². The second-order valence-corrected chi connectivity index (χ2v) is 5.13. The third-order valence-electron chi connectivity index (χ3n) is 3.69. The van der Waals surface area contributed by atoms with Crippen molar-refractivity contribution in [2.75, 3.05) is 13.1 Å². The van der Waals surface area contributed by atoms with E-state index in [9.17, 15) is 0 Å². The maximum absolute atomic E-state index is 5.69. The lowest BCUT2D eigenvalue weighted by Crippen LogP contribution is -2.28. The van der Waals surface area contributed by atoms with Gasteiger partial charge in [-0.3, -0.25) is 0 Å². The van der Waals surface area contributed by atoms with E-state index in [1.165, 1.54) is 43.3 Å². The lowest BCUT2D eigenvalue weighted by Gasteiger charge is -2.22. The zero-order valence-electron chi connectivity index (χ0n) is 10.3. The molecule has 1 aliphatic rings. The van der Waals surface area contributed by atoms with E-state index in [0.717, 1.165) is 17.3 Å². The van der Waals surface area contributed by atoms with Crippen molar-refractivity contribution >= 4 is 11.0 Å². The Morgan fingerprint density at radius 2 is 2.06 bits per heavy atom. The van der Waals surface area contributed by atoms with Crippen LogP contribution >= 0.6 is 0 Å². The topological polar surface area (TPSA) is 25.2 Å². The first-order chi connectivity index (χ1) is 8.31. The number of benzene rings is 1. The highest BCUT2D eigenvalue weighted by Gasteiger charge is 2.13. The van der Waals surface area contributed by atoms with Gasteiger partial charge in [-0.25, -0.2) is 0 Å². The molecule has 17 heavy (non-hydrogen) atoms. The first-order valence-electron chi connectivity index (χ1n) is 6.51. The van der Waals surface area contributed by atoms with Crippen molar-refractivity contribution in [3.8, 4) is 0 Å². The van der Waals surface area contributed by atoms with Crippen LogP contribution in [0.4, 0.5) is 0 Å². The molecule has 1 aliphatic heterocycles. The summed E-state index contributed by atoms with van der Waals surface area (Å²) < 4.78 is 5.69. The fourth-order valence-corrected chi connectivity index (χ4v) is 2.75. The summed E-state index contributed by atoms with van der Waals surface area (Å²) in [6.45, 7) is 4.35. The predicted octanol–water partition coefficient (Wildman–Crippen LogP) is 3.28. The quantitative estimate of drug-likeness (QED) is 0.855. The minimum Gasteiger partial charge on any atom is -0.461 e. The van der Waals surface area contributed by atoms with Crippen molar-refractivity contribution in [3.05, 3.63) is 35.6 Å². The minimum absolute atomic E-state index is 0.838. The van der Waals surface area contributed by atoms with Crippen molar-refractivity contribution < 1.29 is 4.42 Å². The van der Waals surface area contributed by atoms with Gasteiger partial charge < -0.3 is 9.73 Å². The molecule has 0 saturated carbocycles. The zero-order chi connectivity index (χ0) is 11.7. The van der Waals surface area contributed by atoms with E-state index in [-0.39, 0.29) is 0 Å². The van der Waals surface area contributed by atoms with Gasteiger partial charge in [-0.15, -0.1) is 0 Å². The molecule has 1 aromatic heterocycles. The Kier molecular flexibility index (Phi) is 2.89. The van der Waals surface area contributed by atoms with Crippen molar-refractivity contribution in [1.82, 2.24) is 5.32 Å². The number of piperidine rings is 1. The lowest BCUT2D eigenvalue weighted by atomic mass is 9.91. The molecular weight excluding hydrogens is 210 g/mol. The molecule has 0 spiro atoms. The van der Waals surface area contributed by atoms with Crippen LogP contribution in [0.15, 0.2) is 28.7 Å². The van der Waals surface area contributed by atoms with E-state index < -0.39 is 0 Å². The fraction of sp³-hybridized carbons (Fsp3) is 0.467. The van der Waals surface area contributed by atoms with Gasteiger partial charge in [-0.05, 0) is 62.9 Å². The second-order valence-electron chi connectivity index (χ2n) is 5.13. The van der Waals surface area contributed by atoms with Crippen LogP contribution in [0.25, 0.3) is 11.0 Å². The maximum atomic E-state index is 5.69. The molecule has 0 radical (unpaired) electrons. The van der Waals surface area contributed by atoms with Crippen LogP contribution in [-0.4, -0.2) is 13.1 Å². The highest BCUT2D eigenvalue weighted by atomic mass is 16.3. The average Bonchev–Trinajstić information content (AvgIpc) is 2.70. The number of hydrogen-bond acceptors (Lipinski definition) is 2. The molecule has 1 saturated heterocycles. The summed E-state index contributed by atoms with van der Waals surface area (Å²) in [5.41, 5.74) is 2.45. The average molecular weight is 229 g/mol. The van der Waals surface area contributed by atoms with Crippen LogP contribution in [0.1, 0.15) is 24.2 Å². The van der Waals surface area contributed by atoms with Gasteiger partial charge in [-0.2, -0.15) is 0 Å². The molecule has 2 heteroatoms.